The second-order valence-electron chi connectivity index (χ2n) is 6.95. The molecule has 0 aliphatic rings. The Balaban J connectivity index is 2.12. The first-order valence-corrected chi connectivity index (χ1v) is 8.61. The van der Waals surface area contributed by atoms with Crippen molar-refractivity contribution in [1.29, 1.82) is 0 Å². The third-order valence-electron chi connectivity index (χ3n) is 3.47. The van der Waals surface area contributed by atoms with Crippen molar-refractivity contribution < 1.29 is 23.4 Å². The van der Waals surface area contributed by atoms with Crippen molar-refractivity contribution in [1.82, 2.24) is 10.3 Å². The predicted octanol–water partition coefficient (Wildman–Crippen LogP) is 3.94. The van der Waals surface area contributed by atoms with E-state index in [9.17, 15) is 9.18 Å². The van der Waals surface area contributed by atoms with Gasteiger partial charge in [0.15, 0.2) is 6.79 Å². The maximum absolute atomic E-state index is 13.6. The highest BCUT2D eigenvalue weighted by Crippen LogP contribution is 2.31. The maximum Gasteiger partial charge on any atom is 0.407 e. The number of nitrogens with zero attached hydrogens (tertiary/aromatic N) is 1. The first kappa shape index (κ1) is 20.6. The highest BCUT2D eigenvalue weighted by Gasteiger charge is 2.15. The van der Waals surface area contributed by atoms with Crippen LogP contribution < -0.4 is 10.1 Å². The zero-order chi connectivity index (χ0) is 19.9. The lowest BCUT2D eigenvalue weighted by Gasteiger charge is -2.19. The Morgan fingerprint density at radius 2 is 2.00 bits per heavy atom. The number of ether oxygens (including phenoxy) is 3. The first-order chi connectivity index (χ1) is 12.8. The Morgan fingerprint density at radius 1 is 1.22 bits per heavy atom. The van der Waals surface area contributed by atoms with Crippen LogP contribution in [0.1, 0.15) is 26.3 Å². The van der Waals surface area contributed by atoms with Gasteiger partial charge in [0, 0.05) is 31.0 Å². The summed E-state index contributed by atoms with van der Waals surface area (Å²) in [6.45, 7) is 5.92. The highest BCUT2D eigenvalue weighted by molar-refractivity contribution is 5.71. The highest BCUT2D eigenvalue weighted by atomic mass is 19.1. The number of aromatic nitrogens is 1. The largest absolute Gasteiger partial charge is 0.467 e. The molecule has 0 spiro atoms. The molecule has 0 bridgehead atoms. The normalized spacial score (nSPS) is 11.1. The van der Waals surface area contributed by atoms with Crippen LogP contribution in [-0.2, 0) is 15.9 Å². The molecule has 1 aromatic carbocycles. The summed E-state index contributed by atoms with van der Waals surface area (Å²) in [6, 6.07) is 6.96. The lowest BCUT2D eigenvalue weighted by Crippen LogP contribution is -2.33. The monoisotopic (exact) mass is 376 g/mol. The third-order valence-corrected chi connectivity index (χ3v) is 3.47. The molecule has 146 valence electrons. The van der Waals surface area contributed by atoms with Gasteiger partial charge in [-0.15, -0.1) is 0 Å². The van der Waals surface area contributed by atoms with Crippen molar-refractivity contribution in [3.63, 3.8) is 0 Å². The van der Waals surface area contributed by atoms with Gasteiger partial charge in [-0.25, -0.2) is 9.18 Å². The molecule has 0 atom stereocenters. The number of nitrogens with one attached hydrogen (secondary N) is 1. The van der Waals surface area contributed by atoms with Gasteiger partial charge in [-0.3, -0.25) is 4.98 Å². The molecule has 0 fully saturated rings. The van der Waals surface area contributed by atoms with Crippen molar-refractivity contribution in [3.05, 3.63) is 48.0 Å². The van der Waals surface area contributed by atoms with Crippen LogP contribution in [0.15, 0.2) is 36.7 Å². The molecule has 0 aliphatic carbocycles. The van der Waals surface area contributed by atoms with Gasteiger partial charge in [-0.1, -0.05) is 6.07 Å². The summed E-state index contributed by atoms with van der Waals surface area (Å²) in [4.78, 5) is 15.6. The number of benzene rings is 1. The minimum Gasteiger partial charge on any atom is -0.467 e. The van der Waals surface area contributed by atoms with Gasteiger partial charge in [0.25, 0.3) is 0 Å². The first-order valence-electron chi connectivity index (χ1n) is 8.61. The molecule has 1 aromatic heterocycles. The minimum absolute atomic E-state index is 0.0787. The van der Waals surface area contributed by atoms with Crippen molar-refractivity contribution in [3.8, 4) is 16.9 Å². The molecule has 2 aromatic rings. The van der Waals surface area contributed by atoms with Gasteiger partial charge < -0.3 is 19.5 Å². The molecule has 0 aliphatic heterocycles. The smallest absolute Gasteiger partial charge is 0.407 e. The standard InChI is InChI=1S/C20H25FN2O4/c1-20(2,3)27-19(24)23-8-7-14-5-6-18(26-13-25-4)17(9-14)15-10-16(21)12-22-11-15/h5-6,9-12H,7-8,13H2,1-4H3,(H,23,24). The molecular weight excluding hydrogens is 351 g/mol. The lowest BCUT2D eigenvalue weighted by molar-refractivity contribution is 0.0513. The zero-order valence-corrected chi connectivity index (χ0v) is 16.0. The second-order valence-corrected chi connectivity index (χ2v) is 6.95. The summed E-state index contributed by atoms with van der Waals surface area (Å²) in [5.74, 6) is 0.135. The van der Waals surface area contributed by atoms with E-state index in [4.69, 9.17) is 14.2 Å². The fourth-order valence-corrected chi connectivity index (χ4v) is 2.39. The van der Waals surface area contributed by atoms with Crippen LogP contribution in [0.5, 0.6) is 5.75 Å². The Kier molecular flexibility index (Phi) is 7.12. The third kappa shape index (κ3) is 6.86. The van der Waals surface area contributed by atoms with E-state index in [1.54, 1.807) is 12.3 Å². The number of amides is 1. The SMILES string of the molecule is COCOc1ccc(CCNC(=O)OC(C)(C)C)cc1-c1cncc(F)c1. The number of rotatable bonds is 7. The number of pyridine rings is 1. The van der Waals surface area contributed by atoms with Crippen LogP contribution in [0.2, 0.25) is 0 Å². The number of carbonyl (C=O) groups is 1. The summed E-state index contributed by atoms with van der Waals surface area (Å²) in [5, 5.41) is 2.72. The molecule has 2 rings (SSSR count). The van der Waals surface area contributed by atoms with E-state index < -0.39 is 17.5 Å². The van der Waals surface area contributed by atoms with E-state index in [2.05, 4.69) is 10.3 Å². The molecule has 0 radical (unpaired) electrons. The molecule has 6 nitrogen and oxygen atoms in total. The fourth-order valence-electron chi connectivity index (χ4n) is 2.39. The number of alkyl carbamates (subject to hydrolysis) is 1. The summed E-state index contributed by atoms with van der Waals surface area (Å²) in [7, 11) is 1.53. The number of hydrogen-bond acceptors (Lipinski definition) is 5. The fraction of sp³-hybridized carbons (Fsp3) is 0.400. The quantitative estimate of drug-likeness (QED) is 0.742. The van der Waals surface area contributed by atoms with Crippen LogP contribution >= 0.6 is 0 Å². The van der Waals surface area contributed by atoms with Crippen LogP contribution in [0, 0.1) is 5.82 Å². The predicted molar refractivity (Wildman–Crippen MR) is 100 cm³/mol. The Hall–Kier alpha value is -2.67. The average molecular weight is 376 g/mol. The van der Waals surface area contributed by atoms with E-state index in [-0.39, 0.29) is 6.79 Å². The van der Waals surface area contributed by atoms with Crippen molar-refractivity contribution in [2.24, 2.45) is 0 Å². The number of halogens is 1. The van der Waals surface area contributed by atoms with Crippen LogP contribution in [0.4, 0.5) is 9.18 Å². The number of hydrogen-bond donors (Lipinski definition) is 1. The van der Waals surface area contributed by atoms with Crippen molar-refractivity contribution in [2.45, 2.75) is 32.8 Å². The average Bonchev–Trinajstić information content (AvgIpc) is 2.59. The summed E-state index contributed by atoms with van der Waals surface area (Å²) in [6.07, 6.45) is 2.84. The van der Waals surface area contributed by atoms with E-state index >= 15 is 0 Å². The maximum atomic E-state index is 13.6. The van der Waals surface area contributed by atoms with E-state index in [1.165, 1.54) is 13.2 Å². The van der Waals surface area contributed by atoms with E-state index in [0.717, 1.165) is 11.8 Å². The topological polar surface area (TPSA) is 69.7 Å². The number of methoxy groups -OCH3 is 1. The second kappa shape index (κ2) is 9.32. The van der Waals surface area contributed by atoms with Gasteiger partial charge >= 0.3 is 6.09 Å². The van der Waals surface area contributed by atoms with E-state index in [1.807, 2.05) is 32.9 Å². The Bertz CT molecular complexity index is 775. The van der Waals surface area contributed by atoms with Gasteiger partial charge in [0.05, 0.1) is 6.20 Å². The van der Waals surface area contributed by atoms with Gasteiger partial charge in [0.1, 0.15) is 17.2 Å². The molecule has 1 amide bonds. The van der Waals surface area contributed by atoms with Crippen LogP contribution in [0.25, 0.3) is 11.1 Å². The molecular formula is C20H25FN2O4. The summed E-state index contributed by atoms with van der Waals surface area (Å²) >= 11 is 0. The van der Waals surface area contributed by atoms with Gasteiger partial charge in [-0.2, -0.15) is 0 Å². The zero-order valence-electron chi connectivity index (χ0n) is 16.0. The molecule has 1 N–H and O–H groups in total. The van der Waals surface area contributed by atoms with Crippen LogP contribution in [-0.4, -0.2) is 37.1 Å². The Morgan fingerprint density at radius 3 is 2.67 bits per heavy atom. The Labute approximate surface area is 158 Å². The lowest BCUT2D eigenvalue weighted by atomic mass is 10.0. The molecule has 0 saturated heterocycles. The number of carbonyl (C=O) groups excluding carboxylic acids is 1. The molecule has 7 heteroatoms. The van der Waals surface area contributed by atoms with E-state index in [0.29, 0.717) is 29.8 Å². The molecule has 27 heavy (non-hydrogen) atoms. The van der Waals surface area contributed by atoms with Gasteiger partial charge in [0.2, 0.25) is 0 Å². The molecule has 0 saturated carbocycles. The molecule has 0 unspecified atom stereocenters. The van der Waals surface area contributed by atoms with Crippen molar-refractivity contribution >= 4 is 6.09 Å². The van der Waals surface area contributed by atoms with Gasteiger partial charge in [-0.05, 0) is 51.0 Å². The summed E-state index contributed by atoms with van der Waals surface area (Å²) in [5.41, 5.74) is 1.72. The minimum atomic E-state index is -0.540. The van der Waals surface area contributed by atoms with Crippen molar-refractivity contribution in [2.75, 3.05) is 20.4 Å². The van der Waals surface area contributed by atoms with Crippen LogP contribution in [0.3, 0.4) is 0 Å². The molecule has 1 heterocycles. The summed E-state index contributed by atoms with van der Waals surface area (Å²) < 4.78 is 29.3.